The summed E-state index contributed by atoms with van der Waals surface area (Å²) < 4.78 is 6.71. The number of hydrogen-bond donors (Lipinski definition) is 2. The zero-order valence-corrected chi connectivity index (χ0v) is 19.9. The second-order valence-electron chi connectivity index (χ2n) is 8.04. The molecule has 1 amide bonds. The molecule has 34 heavy (non-hydrogen) atoms. The first-order valence-corrected chi connectivity index (χ1v) is 11.1. The van der Waals surface area contributed by atoms with Gasteiger partial charge in [-0.15, -0.1) is 0 Å². The number of aromatic amines is 1. The Morgan fingerprint density at radius 1 is 1.12 bits per heavy atom. The van der Waals surface area contributed by atoms with Crippen LogP contribution in [0.1, 0.15) is 31.0 Å². The Morgan fingerprint density at radius 2 is 1.76 bits per heavy atom. The molecule has 0 spiro atoms. The summed E-state index contributed by atoms with van der Waals surface area (Å²) in [4.78, 5) is 44.0. The summed E-state index contributed by atoms with van der Waals surface area (Å²) in [7, 11) is 3.43. The Balaban J connectivity index is 1.89. The minimum absolute atomic E-state index is 0.0265. The number of anilines is 2. The van der Waals surface area contributed by atoms with Crippen LogP contribution in [0, 0.1) is 0 Å². The molecule has 0 bridgehead atoms. The molecular weight excluding hydrogens is 434 g/mol. The van der Waals surface area contributed by atoms with Crippen LogP contribution >= 0.6 is 0 Å². The van der Waals surface area contributed by atoms with Crippen LogP contribution in [-0.2, 0) is 11.3 Å². The van der Waals surface area contributed by atoms with Crippen molar-refractivity contribution in [2.24, 2.45) is 0 Å². The molecule has 3 rings (SSSR count). The molecule has 9 nitrogen and oxygen atoms in total. The number of methoxy groups -OCH3 is 1. The average Bonchev–Trinajstić information content (AvgIpc) is 2.84. The van der Waals surface area contributed by atoms with E-state index in [9.17, 15) is 14.4 Å². The van der Waals surface area contributed by atoms with E-state index in [1.165, 1.54) is 9.47 Å². The Bertz CT molecular complexity index is 1250. The van der Waals surface area contributed by atoms with Crippen molar-refractivity contribution in [1.29, 1.82) is 0 Å². The van der Waals surface area contributed by atoms with Crippen LogP contribution in [0.3, 0.4) is 0 Å². The van der Waals surface area contributed by atoms with E-state index in [1.54, 1.807) is 14.0 Å². The Morgan fingerprint density at radius 3 is 2.41 bits per heavy atom. The van der Waals surface area contributed by atoms with Crippen molar-refractivity contribution in [2.45, 2.75) is 26.4 Å². The molecule has 0 aliphatic rings. The predicted octanol–water partition coefficient (Wildman–Crippen LogP) is 2.22. The first kappa shape index (κ1) is 24.8. The molecule has 1 aromatic heterocycles. The van der Waals surface area contributed by atoms with Gasteiger partial charge >= 0.3 is 5.69 Å². The van der Waals surface area contributed by atoms with Gasteiger partial charge in [0.15, 0.2) is 5.69 Å². The Kier molecular flexibility index (Phi) is 7.91. The van der Waals surface area contributed by atoms with Crippen LogP contribution in [0.15, 0.2) is 64.2 Å². The summed E-state index contributed by atoms with van der Waals surface area (Å²) in [6.45, 7) is 4.15. The number of H-pyrrole nitrogens is 1. The number of nitrogens with two attached hydrogens (primary N) is 1. The molecule has 0 aliphatic carbocycles. The van der Waals surface area contributed by atoms with Gasteiger partial charge in [0.1, 0.15) is 11.6 Å². The lowest BCUT2D eigenvalue weighted by Gasteiger charge is -2.29. The lowest BCUT2D eigenvalue weighted by molar-refractivity contribution is -0.119. The average molecular weight is 466 g/mol. The molecule has 0 fully saturated rings. The number of rotatable bonds is 9. The van der Waals surface area contributed by atoms with Gasteiger partial charge in [-0.05, 0) is 32.5 Å². The first-order valence-electron chi connectivity index (χ1n) is 11.1. The van der Waals surface area contributed by atoms with Gasteiger partial charge in [-0.2, -0.15) is 0 Å². The smallest absolute Gasteiger partial charge is 0.330 e. The number of benzene rings is 2. The van der Waals surface area contributed by atoms with E-state index in [0.29, 0.717) is 0 Å². The van der Waals surface area contributed by atoms with Gasteiger partial charge in [0, 0.05) is 18.2 Å². The highest BCUT2D eigenvalue weighted by Crippen LogP contribution is 2.28. The third-order valence-electron chi connectivity index (χ3n) is 5.92. The van der Waals surface area contributed by atoms with E-state index in [1.807, 2.05) is 73.5 Å². The molecule has 3 N–H and O–H groups in total. The number of para-hydroxylation sites is 1. The zero-order chi connectivity index (χ0) is 24.8. The number of likely N-dealkylation sites (N-methyl/N-ethyl adjacent to an activating group) is 2. The van der Waals surface area contributed by atoms with E-state index in [2.05, 4.69) is 4.98 Å². The highest BCUT2D eigenvalue weighted by Gasteiger charge is 2.26. The van der Waals surface area contributed by atoms with E-state index < -0.39 is 11.2 Å². The molecule has 0 aliphatic heterocycles. The lowest BCUT2D eigenvalue weighted by atomic mass is 10.1. The second kappa shape index (κ2) is 10.8. The van der Waals surface area contributed by atoms with Gasteiger partial charge in [0.2, 0.25) is 5.91 Å². The van der Waals surface area contributed by atoms with Gasteiger partial charge in [-0.3, -0.25) is 24.0 Å². The molecule has 180 valence electrons. The highest BCUT2D eigenvalue weighted by molar-refractivity contribution is 5.96. The van der Waals surface area contributed by atoms with Crippen molar-refractivity contribution in [2.75, 3.05) is 37.9 Å². The summed E-state index contributed by atoms with van der Waals surface area (Å²) >= 11 is 0. The van der Waals surface area contributed by atoms with Crippen molar-refractivity contribution >= 4 is 17.4 Å². The number of carbonyl (C=O) groups excluding carboxylic acids is 1. The maximum atomic E-state index is 13.3. The van der Waals surface area contributed by atoms with Crippen LogP contribution in [0.4, 0.5) is 11.5 Å². The minimum atomic E-state index is -0.692. The van der Waals surface area contributed by atoms with E-state index in [4.69, 9.17) is 10.5 Å². The van der Waals surface area contributed by atoms with Gasteiger partial charge < -0.3 is 15.4 Å². The van der Waals surface area contributed by atoms with Gasteiger partial charge in [-0.25, -0.2) is 4.79 Å². The SMILES string of the molecule is CCN(C(=O)CN(C)C(C)c1ccccc1OC)c1c(N)n(Cc2ccccc2)c(=O)[nH]c1=O. The summed E-state index contributed by atoms with van der Waals surface area (Å²) in [6, 6.07) is 16.8. The molecule has 1 unspecified atom stereocenters. The van der Waals surface area contributed by atoms with Crippen molar-refractivity contribution in [1.82, 2.24) is 14.5 Å². The third-order valence-corrected chi connectivity index (χ3v) is 5.92. The zero-order valence-electron chi connectivity index (χ0n) is 19.9. The van der Waals surface area contributed by atoms with Gasteiger partial charge in [0.05, 0.1) is 20.2 Å². The van der Waals surface area contributed by atoms with E-state index >= 15 is 0 Å². The summed E-state index contributed by atoms with van der Waals surface area (Å²) in [6.07, 6.45) is 0. The normalized spacial score (nSPS) is 11.9. The number of aromatic nitrogens is 2. The second-order valence-corrected chi connectivity index (χ2v) is 8.04. The minimum Gasteiger partial charge on any atom is -0.496 e. The standard InChI is InChI=1S/C25H31N5O4/c1-5-29(21(31)16-28(3)17(2)19-13-9-10-14-20(19)34-4)22-23(26)30(25(33)27-24(22)32)15-18-11-7-6-8-12-18/h6-14,17H,5,15-16,26H2,1-4H3,(H,27,32,33). The molecule has 1 atom stereocenters. The van der Waals surface area contributed by atoms with E-state index in [0.717, 1.165) is 16.9 Å². The summed E-state index contributed by atoms with van der Waals surface area (Å²) in [5, 5.41) is 0. The van der Waals surface area contributed by atoms with Crippen LogP contribution in [0.25, 0.3) is 0 Å². The molecule has 9 heteroatoms. The fourth-order valence-electron chi connectivity index (χ4n) is 3.90. The number of hydrogen-bond acceptors (Lipinski definition) is 6. The fraction of sp³-hybridized carbons (Fsp3) is 0.320. The molecule has 3 aromatic rings. The predicted molar refractivity (Wildman–Crippen MR) is 133 cm³/mol. The number of nitrogens with one attached hydrogen (secondary N) is 1. The Labute approximate surface area is 198 Å². The lowest BCUT2D eigenvalue weighted by Crippen LogP contribution is -2.45. The number of carbonyl (C=O) groups is 1. The largest absolute Gasteiger partial charge is 0.496 e. The topological polar surface area (TPSA) is 114 Å². The monoisotopic (exact) mass is 465 g/mol. The van der Waals surface area contributed by atoms with Crippen LogP contribution in [0.5, 0.6) is 5.75 Å². The molecule has 0 radical (unpaired) electrons. The van der Waals surface area contributed by atoms with Crippen molar-refractivity contribution in [3.05, 3.63) is 86.6 Å². The number of amides is 1. The van der Waals surface area contributed by atoms with Crippen molar-refractivity contribution in [3.63, 3.8) is 0 Å². The molecule has 2 aromatic carbocycles. The molecule has 1 heterocycles. The van der Waals surface area contributed by atoms with E-state index in [-0.39, 0.29) is 43.1 Å². The Hall–Kier alpha value is -3.85. The summed E-state index contributed by atoms with van der Waals surface area (Å²) in [5.41, 5.74) is 6.73. The van der Waals surface area contributed by atoms with Crippen molar-refractivity contribution in [3.8, 4) is 5.75 Å². The van der Waals surface area contributed by atoms with Crippen LogP contribution < -0.4 is 26.6 Å². The quantitative estimate of drug-likeness (QED) is 0.501. The fourth-order valence-corrected chi connectivity index (χ4v) is 3.90. The van der Waals surface area contributed by atoms with Gasteiger partial charge in [0.25, 0.3) is 5.56 Å². The van der Waals surface area contributed by atoms with Gasteiger partial charge in [-0.1, -0.05) is 48.5 Å². The van der Waals surface area contributed by atoms with Crippen LogP contribution in [0.2, 0.25) is 0 Å². The van der Waals surface area contributed by atoms with Crippen molar-refractivity contribution < 1.29 is 9.53 Å². The van der Waals surface area contributed by atoms with Crippen LogP contribution in [-0.4, -0.2) is 47.6 Å². The maximum Gasteiger partial charge on any atom is 0.330 e. The maximum absolute atomic E-state index is 13.3. The first-order chi connectivity index (χ1) is 16.3. The number of nitrogens with zero attached hydrogens (tertiary/aromatic N) is 3. The summed E-state index contributed by atoms with van der Waals surface area (Å²) in [5.74, 6) is 0.373. The molecule has 0 saturated carbocycles. The number of nitrogen functional groups attached to an aromatic ring is 1. The molecular formula is C25H31N5O4. The third kappa shape index (κ3) is 5.20. The number of ether oxygens (including phenoxy) is 1. The molecule has 0 saturated heterocycles. The highest BCUT2D eigenvalue weighted by atomic mass is 16.5.